The van der Waals surface area contributed by atoms with Gasteiger partial charge in [-0.3, -0.25) is 4.79 Å². The van der Waals surface area contributed by atoms with Gasteiger partial charge >= 0.3 is 6.18 Å². The lowest BCUT2D eigenvalue weighted by atomic mass is 10.2. The number of carbonyl (C=O) groups excluding carboxylic acids is 1. The lowest BCUT2D eigenvalue weighted by molar-refractivity contribution is -0.137. The summed E-state index contributed by atoms with van der Waals surface area (Å²) in [4.78, 5) is 23.9. The molecule has 0 saturated heterocycles. The first-order valence-corrected chi connectivity index (χ1v) is 11.7. The van der Waals surface area contributed by atoms with Crippen molar-refractivity contribution < 1.29 is 27.1 Å². The summed E-state index contributed by atoms with van der Waals surface area (Å²) >= 11 is 0. The Kier molecular flexibility index (Phi) is 9.30. The number of alkyl halides is 3. The zero-order valence-corrected chi connectivity index (χ0v) is 21.9. The summed E-state index contributed by atoms with van der Waals surface area (Å²) in [5, 5.41) is 8.18. The average molecular weight is 548 g/mol. The quantitative estimate of drug-likeness (QED) is 0.221. The van der Waals surface area contributed by atoms with Crippen LogP contribution in [-0.4, -0.2) is 62.1 Å². The number of carbonyl (C=O) groups is 1. The molecule has 0 bridgehead atoms. The molecule has 0 radical (unpaired) electrons. The van der Waals surface area contributed by atoms with Crippen LogP contribution in [0.15, 0.2) is 55.3 Å². The van der Waals surface area contributed by atoms with E-state index in [-0.39, 0.29) is 17.3 Å². The molecule has 3 aromatic rings. The van der Waals surface area contributed by atoms with Crippen molar-refractivity contribution in [2.24, 2.45) is 0 Å². The highest BCUT2D eigenvalue weighted by Crippen LogP contribution is 2.39. The van der Waals surface area contributed by atoms with Gasteiger partial charge in [-0.25, -0.2) is 9.37 Å². The highest BCUT2D eigenvalue weighted by atomic mass is 19.4. The number of methoxy groups -OCH3 is 1. The largest absolute Gasteiger partial charge is 0.494 e. The van der Waals surface area contributed by atoms with E-state index in [0.717, 1.165) is 24.8 Å². The number of rotatable bonds is 11. The van der Waals surface area contributed by atoms with Crippen molar-refractivity contribution in [3.8, 4) is 5.75 Å². The molecule has 3 rings (SSSR count). The maximum Gasteiger partial charge on any atom is 0.421 e. The molecular weight excluding hydrogens is 518 g/mol. The number of nitrogens with zero attached hydrogens (tertiary/aromatic N) is 4. The lowest BCUT2D eigenvalue weighted by Crippen LogP contribution is -2.29. The van der Waals surface area contributed by atoms with Crippen molar-refractivity contribution in [3.63, 3.8) is 0 Å². The number of benzene rings is 2. The number of hydrogen-bond donors (Lipinski definition) is 3. The molecule has 3 N–H and O–H groups in total. The molecule has 0 saturated carbocycles. The predicted octanol–water partition coefficient (Wildman–Crippen LogP) is 5.25. The van der Waals surface area contributed by atoms with Gasteiger partial charge in [0.1, 0.15) is 22.9 Å². The maximum absolute atomic E-state index is 13.7. The summed E-state index contributed by atoms with van der Waals surface area (Å²) in [6.45, 7) is 4.84. The van der Waals surface area contributed by atoms with Gasteiger partial charge in [0, 0.05) is 38.1 Å². The third-order valence-corrected chi connectivity index (χ3v) is 5.50. The van der Waals surface area contributed by atoms with E-state index in [1.807, 2.05) is 30.9 Å². The molecule has 208 valence electrons. The summed E-state index contributed by atoms with van der Waals surface area (Å²) < 4.78 is 59.8. The minimum Gasteiger partial charge on any atom is -0.494 e. The Morgan fingerprint density at radius 1 is 1.08 bits per heavy atom. The van der Waals surface area contributed by atoms with Gasteiger partial charge in [0.25, 0.3) is 0 Å². The van der Waals surface area contributed by atoms with E-state index in [0.29, 0.717) is 29.9 Å². The van der Waals surface area contributed by atoms with Gasteiger partial charge in [-0.05, 0) is 50.5 Å². The van der Waals surface area contributed by atoms with Gasteiger partial charge in [0.15, 0.2) is 0 Å². The standard InChI is InChI=1S/C26H29F4N7O2/c1-6-23(38)33-19-13-20(22(39-5)14-21(19)37(4)12-11-36(2)3)34-25-31-15-18(26(28,29)30)24(35-25)32-17-9-7-16(27)8-10-17/h6-10,13-15H,1,11-12H2,2-5H3,(H,33,38)(H2,31,32,34,35). The van der Waals surface area contributed by atoms with E-state index in [9.17, 15) is 22.4 Å². The number of nitrogens with one attached hydrogen (secondary N) is 3. The van der Waals surface area contributed by atoms with Crippen molar-refractivity contribution in [1.29, 1.82) is 0 Å². The van der Waals surface area contributed by atoms with Gasteiger partial charge in [-0.15, -0.1) is 0 Å². The van der Waals surface area contributed by atoms with Gasteiger partial charge < -0.3 is 30.5 Å². The van der Waals surface area contributed by atoms with Crippen LogP contribution < -0.4 is 25.6 Å². The Balaban J connectivity index is 2.02. The summed E-state index contributed by atoms with van der Waals surface area (Å²) in [5.41, 5.74) is 0.418. The molecule has 1 amide bonds. The molecule has 0 atom stereocenters. The zero-order chi connectivity index (χ0) is 28.7. The SMILES string of the molecule is C=CC(=O)Nc1cc(Nc2ncc(C(F)(F)F)c(Nc3ccc(F)cc3)n2)c(OC)cc1N(C)CCN(C)C. The second-order valence-corrected chi connectivity index (χ2v) is 8.70. The van der Waals surface area contributed by atoms with E-state index in [2.05, 4.69) is 32.5 Å². The van der Waals surface area contributed by atoms with Crippen LogP contribution in [0.5, 0.6) is 5.75 Å². The first-order chi connectivity index (χ1) is 18.4. The summed E-state index contributed by atoms with van der Waals surface area (Å²) in [7, 11) is 7.15. The van der Waals surface area contributed by atoms with Crippen LogP contribution in [-0.2, 0) is 11.0 Å². The fourth-order valence-corrected chi connectivity index (χ4v) is 3.44. The molecule has 1 aromatic heterocycles. The first-order valence-electron chi connectivity index (χ1n) is 11.7. The van der Waals surface area contributed by atoms with Gasteiger partial charge in [-0.1, -0.05) is 6.58 Å². The van der Waals surface area contributed by atoms with Crippen LogP contribution in [0.4, 0.5) is 52.1 Å². The van der Waals surface area contributed by atoms with Crippen molar-refractivity contribution in [2.75, 3.05) is 62.2 Å². The Morgan fingerprint density at radius 3 is 2.36 bits per heavy atom. The normalized spacial score (nSPS) is 11.2. The molecule has 9 nitrogen and oxygen atoms in total. The number of hydrogen-bond acceptors (Lipinski definition) is 8. The Morgan fingerprint density at radius 2 is 1.77 bits per heavy atom. The number of amides is 1. The van der Waals surface area contributed by atoms with Crippen LogP contribution in [0, 0.1) is 5.82 Å². The third-order valence-electron chi connectivity index (χ3n) is 5.50. The third kappa shape index (κ3) is 7.80. The van der Waals surface area contributed by atoms with Crippen LogP contribution in [0.25, 0.3) is 0 Å². The molecule has 2 aromatic carbocycles. The van der Waals surface area contributed by atoms with Crippen LogP contribution in [0.2, 0.25) is 0 Å². The Hall–Kier alpha value is -4.39. The van der Waals surface area contributed by atoms with E-state index < -0.39 is 29.3 Å². The van der Waals surface area contributed by atoms with Crippen LogP contribution in [0.1, 0.15) is 5.56 Å². The number of likely N-dealkylation sites (N-methyl/N-ethyl adjacent to an activating group) is 2. The molecule has 0 spiro atoms. The number of aromatic nitrogens is 2. The minimum atomic E-state index is -4.75. The monoisotopic (exact) mass is 547 g/mol. The second kappa shape index (κ2) is 12.4. The fraction of sp³-hybridized carbons (Fsp3) is 0.269. The molecule has 0 fully saturated rings. The Labute approximate surface area is 223 Å². The average Bonchev–Trinajstić information content (AvgIpc) is 2.88. The van der Waals surface area contributed by atoms with Crippen LogP contribution >= 0.6 is 0 Å². The topological polar surface area (TPSA) is 94.6 Å². The summed E-state index contributed by atoms with van der Waals surface area (Å²) in [5.74, 6) is -1.38. The first kappa shape index (κ1) is 29.2. The predicted molar refractivity (Wildman–Crippen MR) is 144 cm³/mol. The molecule has 13 heteroatoms. The van der Waals surface area contributed by atoms with Crippen LogP contribution in [0.3, 0.4) is 0 Å². The zero-order valence-electron chi connectivity index (χ0n) is 21.9. The van der Waals surface area contributed by atoms with E-state index >= 15 is 0 Å². The summed E-state index contributed by atoms with van der Waals surface area (Å²) in [6.07, 6.45) is -3.00. The molecule has 0 aliphatic carbocycles. The summed E-state index contributed by atoms with van der Waals surface area (Å²) in [6, 6.07) is 8.03. The number of anilines is 6. The number of halogens is 4. The van der Waals surface area contributed by atoms with Gasteiger partial charge in [0.2, 0.25) is 11.9 Å². The molecule has 1 heterocycles. The smallest absolute Gasteiger partial charge is 0.421 e. The van der Waals surface area contributed by atoms with Crippen molar-refractivity contribution >= 4 is 40.4 Å². The highest BCUT2D eigenvalue weighted by Gasteiger charge is 2.35. The maximum atomic E-state index is 13.7. The molecule has 0 unspecified atom stereocenters. The molecular formula is C26H29F4N7O2. The van der Waals surface area contributed by atoms with E-state index in [1.54, 1.807) is 12.1 Å². The fourth-order valence-electron chi connectivity index (χ4n) is 3.44. The van der Waals surface area contributed by atoms with Gasteiger partial charge in [0.05, 0.1) is 24.2 Å². The molecule has 0 aliphatic heterocycles. The minimum absolute atomic E-state index is 0.180. The Bertz CT molecular complexity index is 1310. The van der Waals surface area contributed by atoms with E-state index in [4.69, 9.17) is 4.74 Å². The molecule has 0 aliphatic rings. The molecule has 39 heavy (non-hydrogen) atoms. The second-order valence-electron chi connectivity index (χ2n) is 8.70. The van der Waals surface area contributed by atoms with E-state index in [1.165, 1.54) is 19.2 Å². The lowest BCUT2D eigenvalue weighted by Gasteiger charge is -2.26. The van der Waals surface area contributed by atoms with Gasteiger partial charge in [-0.2, -0.15) is 18.2 Å². The number of ether oxygens (including phenoxy) is 1. The van der Waals surface area contributed by atoms with Crippen molar-refractivity contribution in [2.45, 2.75) is 6.18 Å². The highest BCUT2D eigenvalue weighted by molar-refractivity contribution is 6.02. The van der Waals surface area contributed by atoms with Crippen molar-refractivity contribution in [1.82, 2.24) is 14.9 Å². The van der Waals surface area contributed by atoms with Crippen molar-refractivity contribution in [3.05, 3.63) is 66.6 Å².